The Hall–Kier alpha value is -4.48. The number of para-hydroxylation sites is 1. The van der Waals surface area contributed by atoms with E-state index >= 15 is 0 Å². The van der Waals surface area contributed by atoms with Gasteiger partial charge >= 0.3 is 24.0 Å². The number of carbonyl (C=O) groups is 4. The van der Waals surface area contributed by atoms with Gasteiger partial charge in [0.1, 0.15) is 5.75 Å². The fourth-order valence-corrected chi connectivity index (χ4v) is 7.73. The van der Waals surface area contributed by atoms with Crippen LogP contribution in [0, 0.1) is 0 Å². The number of alkyl halides is 3. The summed E-state index contributed by atoms with van der Waals surface area (Å²) >= 11 is 0.908. The summed E-state index contributed by atoms with van der Waals surface area (Å²) in [7, 11) is -1.64. The second kappa shape index (κ2) is 15.2. The van der Waals surface area contributed by atoms with E-state index < -0.39 is 52.4 Å². The van der Waals surface area contributed by atoms with Gasteiger partial charge in [-0.25, -0.2) is 22.3 Å². The molecule has 12 nitrogen and oxygen atoms in total. The van der Waals surface area contributed by atoms with Gasteiger partial charge in [0.05, 0.1) is 20.0 Å². The van der Waals surface area contributed by atoms with Gasteiger partial charge in [-0.15, -0.1) is 11.3 Å². The van der Waals surface area contributed by atoms with Gasteiger partial charge in [-0.05, 0) is 48.2 Å². The minimum absolute atomic E-state index is 0.00157. The SMILES string of the molecule is COC(=O)COc1cc(-c2cccc(N(C(=O)C(F)(F)F)C3CCN(S(=O)(=O)Cc4ccccc4NC(C)=O)CC3)c2)sc1C(=O)OC. The molecule has 0 unspecified atom stereocenters. The molecule has 0 aliphatic carbocycles. The van der Waals surface area contributed by atoms with Crippen molar-refractivity contribution in [1.82, 2.24) is 4.31 Å². The van der Waals surface area contributed by atoms with Crippen LogP contribution in [0.3, 0.4) is 0 Å². The molecule has 0 bridgehead atoms. The van der Waals surface area contributed by atoms with Crippen LogP contribution >= 0.6 is 11.3 Å². The molecule has 1 fully saturated rings. The van der Waals surface area contributed by atoms with Crippen molar-refractivity contribution in [2.45, 2.75) is 37.7 Å². The Morgan fingerprint density at radius 2 is 1.69 bits per heavy atom. The number of benzene rings is 2. The first-order chi connectivity index (χ1) is 22.6. The number of halogens is 3. The number of thiophene rings is 1. The van der Waals surface area contributed by atoms with E-state index in [2.05, 4.69) is 10.1 Å². The Morgan fingerprint density at radius 3 is 2.31 bits per heavy atom. The maximum atomic E-state index is 13.9. The summed E-state index contributed by atoms with van der Waals surface area (Å²) in [5.74, 6) is -4.43. The fraction of sp³-hybridized carbons (Fsp3) is 0.355. The lowest BCUT2D eigenvalue weighted by Gasteiger charge is -2.38. The number of nitrogens with zero attached hydrogens (tertiary/aromatic N) is 2. The van der Waals surface area contributed by atoms with Crippen molar-refractivity contribution in [2.24, 2.45) is 0 Å². The predicted octanol–water partition coefficient (Wildman–Crippen LogP) is 4.60. The van der Waals surface area contributed by atoms with Gasteiger partial charge in [0.25, 0.3) is 0 Å². The molecule has 0 atom stereocenters. The number of ether oxygens (including phenoxy) is 3. The molecule has 2 heterocycles. The van der Waals surface area contributed by atoms with Gasteiger partial charge in [0, 0.05) is 42.3 Å². The zero-order valence-electron chi connectivity index (χ0n) is 26.0. The first kappa shape index (κ1) is 36.4. The summed E-state index contributed by atoms with van der Waals surface area (Å²) in [5.41, 5.74) is 0.930. The van der Waals surface area contributed by atoms with Crippen molar-refractivity contribution in [3.63, 3.8) is 0 Å². The number of piperidine rings is 1. The van der Waals surface area contributed by atoms with Gasteiger partial charge in [0.2, 0.25) is 15.9 Å². The summed E-state index contributed by atoms with van der Waals surface area (Å²) < 4.78 is 84.4. The Labute approximate surface area is 278 Å². The van der Waals surface area contributed by atoms with E-state index in [9.17, 15) is 40.8 Å². The predicted molar refractivity (Wildman–Crippen MR) is 170 cm³/mol. The summed E-state index contributed by atoms with van der Waals surface area (Å²) in [5, 5.41) is 2.59. The third kappa shape index (κ3) is 8.70. The highest BCUT2D eigenvalue weighted by molar-refractivity contribution is 7.88. The second-order valence-electron chi connectivity index (χ2n) is 10.6. The maximum absolute atomic E-state index is 13.9. The molecule has 1 aromatic heterocycles. The van der Waals surface area contributed by atoms with Gasteiger partial charge in [-0.1, -0.05) is 30.3 Å². The number of amides is 2. The van der Waals surface area contributed by atoms with Gasteiger partial charge in [0.15, 0.2) is 11.5 Å². The number of methoxy groups -OCH3 is 2. The lowest BCUT2D eigenvalue weighted by atomic mass is 10.0. The van der Waals surface area contributed by atoms with Crippen molar-refractivity contribution in [2.75, 3.05) is 44.1 Å². The van der Waals surface area contributed by atoms with Crippen molar-refractivity contribution in [3.05, 3.63) is 65.0 Å². The Bertz CT molecular complexity index is 1790. The van der Waals surface area contributed by atoms with Crippen LogP contribution in [0.4, 0.5) is 24.5 Å². The third-order valence-electron chi connectivity index (χ3n) is 7.36. The highest BCUT2D eigenvalue weighted by Gasteiger charge is 2.46. The summed E-state index contributed by atoms with van der Waals surface area (Å²) in [6.45, 7) is 0.482. The highest BCUT2D eigenvalue weighted by Crippen LogP contribution is 2.39. The molecule has 3 aromatic rings. The number of carbonyl (C=O) groups excluding carboxylic acids is 4. The van der Waals surface area contributed by atoms with Crippen LogP contribution in [-0.2, 0) is 39.6 Å². The van der Waals surface area contributed by atoms with E-state index in [4.69, 9.17) is 9.47 Å². The van der Waals surface area contributed by atoms with E-state index in [0.29, 0.717) is 26.6 Å². The molecule has 0 radical (unpaired) electrons. The van der Waals surface area contributed by atoms with Crippen LogP contribution in [0.15, 0.2) is 54.6 Å². The molecule has 1 saturated heterocycles. The van der Waals surface area contributed by atoms with Crippen LogP contribution in [0.1, 0.15) is 35.0 Å². The molecule has 2 aromatic carbocycles. The molecule has 2 amide bonds. The number of sulfonamides is 1. The minimum atomic E-state index is -5.23. The van der Waals surface area contributed by atoms with E-state index in [1.807, 2.05) is 0 Å². The van der Waals surface area contributed by atoms with Crippen molar-refractivity contribution >= 4 is 56.5 Å². The topological polar surface area (TPSA) is 149 Å². The van der Waals surface area contributed by atoms with E-state index in [1.54, 1.807) is 30.3 Å². The molecule has 4 rings (SSSR count). The highest BCUT2D eigenvalue weighted by atomic mass is 32.2. The lowest BCUT2D eigenvalue weighted by Crippen LogP contribution is -2.52. The number of rotatable bonds is 11. The average Bonchev–Trinajstić information content (AvgIpc) is 3.48. The van der Waals surface area contributed by atoms with Crippen LogP contribution in [0.5, 0.6) is 5.75 Å². The molecule has 1 aliphatic rings. The van der Waals surface area contributed by atoms with E-state index in [0.717, 1.165) is 29.9 Å². The van der Waals surface area contributed by atoms with Gasteiger partial charge in [-0.2, -0.15) is 13.2 Å². The third-order valence-corrected chi connectivity index (χ3v) is 10.3. The Kier molecular flexibility index (Phi) is 11.5. The lowest BCUT2D eigenvalue weighted by molar-refractivity contribution is -0.171. The van der Waals surface area contributed by atoms with E-state index in [-0.39, 0.29) is 48.2 Å². The minimum Gasteiger partial charge on any atom is -0.480 e. The second-order valence-corrected chi connectivity index (χ2v) is 13.6. The monoisotopic (exact) mass is 711 g/mol. The fourth-order valence-electron chi connectivity index (χ4n) is 5.12. The Morgan fingerprint density at radius 1 is 1.00 bits per heavy atom. The molecule has 0 saturated carbocycles. The zero-order valence-corrected chi connectivity index (χ0v) is 27.7. The van der Waals surface area contributed by atoms with Crippen molar-refractivity contribution in [1.29, 1.82) is 0 Å². The van der Waals surface area contributed by atoms with Gasteiger partial charge < -0.3 is 24.4 Å². The molecular weight excluding hydrogens is 679 g/mol. The molecular formula is C31H32F3N3O9S2. The number of anilines is 2. The molecule has 1 N–H and O–H groups in total. The number of nitrogens with one attached hydrogen (secondary N) is 1. The largest absolute Gasteiger partial charge is 0.480 e. The van der Waals surface area contributed by atoms with Crippen LogP contribution in [0.25, 0.3) is 10.4 Å². The normalized spacial score (nSPS) is 14.2. The average molecular weight is 712 g/mol. The molecule has 48 heavy (non-hydrogen) atoms. The molecule has 1 aliphatic heterocycles. The van der Waals surface area contributed by atoms with Crippen LogP contribution in [-0.4, -0.2) is 82.6 Å². The molecule has 17 heteroatoms. The van der Waals surface area contributed by atoms with Crippen LogP contribution in [0.2, 0.25) is 0 Å². The van der Waals surface area contributed by atoms with Crippen LogP contribution < -0.4 is 15.0 Å². The van der Waals surface area contributed by atoms with E-state index in [1.165, 1.54) is 31.2 Å². The zero-order chi connectivity index (χ0) is 35.2. The smallest absolute Gasteiger partial charge is 0.471 e. The first-order valence-corrected chi connectivity index (χ1v) is 16.8. The first-order valence-electron chi connectivity index (χ1n) is 14.4. The summed E-state index contributed by atoms with van der Waals surface area (Å²) in [6.07, 6.45) is -5.41. The molecule has 258 valence electrons. The number of hydrogen-bond acceptors (Lipinski definition) is 10. The van der Waals surface area contributed by atoms with Crippen molar-refractivity contribution < 1.29 is 55.0 Å². The standard InChI is InChI=1S/C31H32F3N3O9S2/c1-19(38)35-24-10-5-4-7-21(24)18-48(42,43)36-13-11-22(12-14-36)37(30(41)31(32,33)34)23-9-6-8-20(15-23)26-16-25(46-17-27(39)44-2)28(47-26)29(40)45-3/h4-10,15-16,22H,11-14,17-18H2,1-3H3,(H,35,38). The molecule has 0 spiro atoms. The maximum Gasteiger partial charge on any atom is 0.471 e. The quantitative estimate of drug-likeness (QED) is 0.282. The number of hydrogen-bond donors (Lipinski definition) is 1. The Balaban J connectivity index is 1.59. The summed E-state index contributed by atoms with van der Waals surface area (Å²) in [6, 6.07) is 12.5. The van der Waals surface area contributed by atoms with Crippen molar-refractivity contribution in [3.8, 4) is 16.2 Å². The summed E-state index contributed by atoms with van der Waals surface area (Å²) in [4.78, 5) is 49.4. The number of esters is 2. The van der Waals surface area contributed by atoms with Gasteiger partial charge in [-0.3, -0.25) is 9.59 Å².